The molecule has 0 spiro atoms. The van der Waals surface area contributed by atoms with Crippen LogP contribution in [0.25, 0.3) is 16.7 Å². The SMILES string of the molecule is O=C(c1ccc(Nc2nc3ccccc3n3nnnc23)cc1)N1CCN(C(=O)c2ccon2)CC1. The lowest BCUT2D eigenvalue weighted by Crippen LogP contribution is -2.50. The molecule has 5 aromatic rings. The molecule has 1 saturated heterocycles. The van der Waals surface area contributed by atoms with E-state index in [1.165, 1.54) is 12.3 Å². The van der Waals surface area contributed by atoms with Crippen molar-refractivity contribution in [2.75, 3.05) is 31.5 Å². The van der Waals surface area contributed by atoms with E-state index >= 15 is 0 Å². The quantitative estimate of drug-likeness (QED) is 0.419. The summed E-state index contributed by atoms with van der Waals surface area (Å²) in [5, 5.41) is 18.9. The van der Waals surface area contributed by atoms with Crippen LogP contribution < -0.4 is 5.32 Å². The number of carbonyl (C=O) groups excluding carboxylic acids is 2. The molecule has 0 radical (unpaired) electrons. The first kappa shape index (κ1) is 20.7. The number of benzene rings is 2. The first-order chi connectivity index (χ1) is 17.2. The normalized spacial score (nSPS) is 13.9. The van der Waals surface area contributed by atoms with Crippen LogP contribution in [0.2, 0.25) is 0 Å². The number of nitrogens with zero attached hydrogens (tertiary/aromatic N) is 8. The summed E-state index contributed by atoms with van der Waals surface area (Å²) >= 11 is 0. The fourth-order valence-electron chi connectivity index (χ4n) is 4.10. The number of piperazine rings is 1. The van der Waals surface area contributed by atoms with E-state index in [2.05, 4.69) is 31.0 Å². The van der Waals surface area contributed by atoms with Gasteiger partial charge in [0.15, 0.2) is 11.5 Å². The molecule has 0 bridgehead atoms. The van der Waals surface area contributed by atoms with Crippen LogP contribution in [0.1, 0.15) is 20.8 Å². The maximum Gasteiger partial charge on any atom is 0.276 e. The summed E-state index contributed by atoms with van der Waals surface area (Å²) in [4.78, 5) is 33.5. The van der Waals surface area contributed by atoms with Crippen LogP contribution >= 0.6 is 0 Å². The number of tetrazole rings is 1. The highest BCUT2D eigenvalue weighted by atomic mass is 16.5. The Morgan fingerprint density at radius 2 is 1.63 bits per heavy atom. The molecule has 0 saturated carbocycles. The van der Waals surface area contributed by atoms with Gasteiger partial charge in [0.05, 0.1) is 11.0 Å². The van der Waals surface area contributed by atoms with E-state index < -0.39 is 0 Å². The summed E-state index contributed by atoms with van der Waals surface area (Å²) in [5.74, 6) is 0.235. The summed E-state index contributed by atoms with van der Waals surface area (Å²) in [6.45, 7) is 1.77. The van der Waals surface area contributed by atoms with Crippen molar-refractivity contribution >= 4 is 40.0 Å². The molecule has 6 rings (SSSR count). The van der Waals surface area contributed by atoms with Crippen LogP contribution in [0, 0.1) is 0 Å². The second kappa shape index (κ2) is 8.48. The van der Waals surface area contributed by atoms with Gasteiger partial charge >= 0.3 is 0 Å². The largest absolute Gasteiger partial charge is 0.364 e. The smallest absolute Gasteiger partial charge is 0.276 e. The molecule has 1 aliphatic heterocycles. The molecule has 1 N–H and O–H groups in total. The monoisotopic (exact) mass is 469 g/mol. The molecule has 12 nitrogen and oxygen atoms in total. The van der Waals surface area contributed by atoms with E-state index in [1.54, 1.807) is 26.4 Å². The van der Waals surface area contributed by atoms with E-state index in [1.807, 2.05) is 36.4 Å². The Balaban J connectivity index is 1.14. The number of anilines is 2. The minimum absolute atomic E-state index is 0.0852. The average molecular weight is 469 g/mol. The third kappa shape index (κ3) is 3.80. The Labute approximate surface area is 198 Å². The first-order valence-corrected chi connectivity index (χ1v) is 11.0. The molecule has 35 heavy (non-hydrogen) atoms. The number of hydrogen-bond acceptors (Lipinski definition) is 9. The fraction of sp³-hybridized carbons (Fsp3) is 0.174. The van der Waals surface area contributed by atoms with Crippen LogP contribution in [-0.4, -0.2) is 78.0 Å². The van der Waals surface area contributed by atoms with Gasteiger partial charge in [-0.1, -0.05) is 17.3 Å². The molecule has 0 atom stereocenters. The van der Waals surface area contributed by atoms with Crippen LogP contribution in [0.5, 0.6) is 0 Å². The molecule has 12 heteroatoms. The van der Waals surface area contributed by atoms with Crippen molar-refractivity contribution in [1.82, 2.24) is 40.0 Å². The third-order valence-corrected chi connectivity index (χ3v) is 5.93. The van der Waals surface area contributed by atoms with Crippen molar-refractivity contribution in [3.63, 3.8) is 0 Å². The molecule has 3 aromatic heterocycles. The first-order valence-electron chi connectivity index (χ1n) is 11.0. The summed E-state index contributed by atoms with van der Waals surface area (Å²) in [5.41, 5.74) is 3.64. The highest BCUT2D eigenvalue weighted by Crippen LogP contribution is 2.23. The molecule has 2 amide bonds. The van der Waals surface area contributed by atoms with E-state index in [0.717, 1.165) is 16.7 Å². The fourth-order valence-corrected chi connectivity index (χ4v) is 4.10. The van der Waals surface area contributed by atoms with Gasteiger partial charge in [-0.25, -0.2) is 4.98 Å². The number of amides is 2. The number of nitrogens with one attached hydrogen (secondary N) is 1. The zero-order valence-corrected chi connectivity index (χ0v) is 18.4. The van der Waals surface area contributed by atoms with Gasteiger partial charge in [0.1, 0.15) is 6.26 Å². The maximum atomic E-state index is 13.0. The Kier molecular flexibility index (Phi) is 5.02. The standard InChI is InChI=1S/C23H19N9O3/c33-22(30-10-12-31(13-11-30)23(34)18-9-14-35-27-18)15-5-7-16(8-6-15)24-20-21-26-28-29-32(21)19-4-2-1-3-17(19)25-20/h1-9,14H,10-13H2,(H,24,25). The zero-order valence-electron chi connectivity index (χ0n) is 18.4. The van der Waals surface area contributed by atoms with Crippen molar-refractivity contribution in [3.8, 4) is 0 Å². The van der Waals surface area contributed by atoms with E-state index in [4.69, 9.17) is 4.52 Å². The summed E-state index contributed by atoms with van der Waals surface area (Å²) < 4.78 is 6.38. The third-order valence-electron chi connectivity index (χ3n) is 5.93. The molecule has 1 fully saturated rings. The predicted molar refractivity (Wildman–Crippen MR) is 124 cm³/mol. The highest BCUT2D eigenvalue weighted by Gasteiger charge is 2.26. The van der Waals surface area contributed by atoms with E-state index in [0.29, 0.717) is 43.2 Å². The van der Waals surface area contributed by atoms with Crippen LogP contribution in [0.4, 0.5) is 11.5 Å². The minimum atomic E-state index is -0.194. The van der Waals surface area contributed by atoms with Crippen molar-refractivity contribution in [2.24, 2.45) is 0 Å². The Morgan fingerprint density at radius 1 is 0.886 bits per heavy atom. The zero-order chi connectivity index (χ0) is 23.8. The summed E-state index contributed by atoms with van der Waals surface area (Å²) in [6, 6.07) is 16.3. The molecule has 174 valence electrons. The predicted octanol–water partition coefficient (Wildman–Crippen LogP) is 2.00. The topological polar surface area (TPSA) is 135 Å². The average Bonchev–Trinajstić information content (AvgIpc) is 3.62. The van der Waals surface area contributed by atoms with Crippen LogP contribution in [0.3, 0.4) is 0 Å². The molecular weight excluding hydrogens is 450 g/mol. The molecule has 0 aliphatic carbocycles. The Bertz CT molecular complexity index is 1520. The van der Waals surface area contributed by atoms with Gasteiger partial charge in [-0.3, -0.25) is 9.59 Å². The van der Waals surface area contributed by atoms with E-state index in [9.17, 15) is 9.59 Å². The summed E-state index contributed by atoms with van der Waals surface area (Å²) in [7, 11) is 0. The Morgan fingerprint density at radius 3 is 2.37 bits per heavy atom. The number of hydrogen-bond donors (Lipinski definition) is 1. The molecular formula is C23H19N9O3. The van der Waals surface area contributed by atoms with Crippen LogP contribution in [-0.2, 0) is 0 Å². The maximum absolute atomic E-state index is 13.0. The van der Waals surface area contributed by atoms with Crippen molar-refractivity contribution in [3.05, 3.63) is 72.1 Å². The highest BCUT2D eigenvalue weighted by molar-refractivity contribution is 5.95. The van der Waals surface area contributed by atoms with E-state index in [-0.39, 0.29) is 17.5 Å². The number of para-hydroxylation sites is 2. The molecule has 2 aromatic carbocycles. The van der Waals surface area contributed by atoms with Gasteiger partial charge in [-0.15, -0.1) is 5.10 Å². The molecule has 1 aliphatic rings. The molecule has 4 heterocycles. The van der Waals surface area contributed by atoms with Crippen molar-refractivity contribution < 1.29 is 14.1 Å². The lowest BCUT2D eigenvalue weighted by Gasteiger charge is -2.34. The Hall–Kier alpha value is -4.87. The lowest BCUT2D eigenvalue weighted by molar-refractivity contribution is 0.0530. The second-order valence-electron chi connectivity index (χ2n) is 8.03. The number of carbonyl (C=O) groups is 2. The van der Waals surface area contributed by atoms with Crippen molar-refractivity contribution in [2.45, 2.75) is 0 Å². The van der Waals surface area contributed by atoms with Gasteiger partial charge in [0.25, 0.3) is 11.8 Å². The van der Waals surface area contributed by atoms with Crippen molar-refractivity contribution in [1.29, 1.82) is 0 Å². The second-order valence-corrected chi connectivity index (χ2v) is 8.03. The summed E-state index contributed by atoms with van der Waals surface area (Å²) in [6.07, 6.45) is 1.37. The van der Waals surface area contributed by atoms with Gasteiger partial charge in [-0.2, -0.15) is 4.52 Å². The van der Waals surface area contributed by atoms with Gasteiger partial charge in [0, 0.05) is 43.5 Å². The number of rotatable bonds is 4. The van der Waals surface area contributed by atoms with Crippen LogP contribution in [0.15, 0.2) is 65.4 Å². The van der Waals surface area contributed by atoms with Gasteiger partial charge in [-0.05, 0) is 46.8 Å². The lowest BCUT2D eigenvalue weighted by atomic mass is 10.1. The minimum Gasteiger partial charge on any atom is -0.364 e. The number of aromatic nitrogens is 6. The van der Waals surface area contributed by atoms with Gasteiger partial charge < -0.3 is 19.6 Å². The molecule has 0 unspecified atom stereocenters. The number of fused-ring (bicyclic) bond motifs is 3. The van der Waals surface area contributed by atoms with Gasteiger partial charge in [0.2, 0.25) is 5.65 Å².